The van der Waals surface area contributed by atoms with Crippen LogP contribution in [0.15, 0.2) is 59.5 Å². The number of rotatable bonds is 5. The van der Waals surface area contributed by atoms with Crippen molar-refractivity contribution in [2.45, 2.75) is 11.3 Å². The van der Waals surface area contributed by atoms with E-state index >= 15 is 0 Å². The summed E-state index contributed by atoms with van der Waals surface area (Å²) in [6, 6.07) is 15.8. The van der Waals surface area contributed by atoms with Gasteiger partial charge in [0, 0.05) is 31.9 Å². The molecule has 0 aromatic heterocycles. The first-order valence-electron chi connectivity index (χ1n) is 8.58. The molecular weight excluding hydrogens is 350 g/mol. The lowest BCUT2D eigenvalue weighted by molar-refractivity contribution is -0.115. The van der Waals surface area contributed by atoms with E-state index in [1.807, 2.05) is 37.4 Å². The van der Waals surface area contributed by atoms with Gasteiger partial charge >= 0.3 is 0 Å². The van der Waals surface area contributed by atoms with E-state index in [4.69, 9.17) is 0 Å². The molecule has 138 valence electrons. The molecule has 0 bridgehead atoms. The summed E-state index contributed by atoms with van der Waals surface area (Å²) >= 11 is 0. The molecule has 26 heavy (non-hydrogen) atoms. The lowest BCUT2D eigenvalue weighted by Gasteiger charge is -2.31. The molecule has 0 atom stereocenters. The Kier molecular flexibility index (Phi) is 5.70. The molecule has 0 radical (unpaired) electrons. The summed E-state index contributed by atoms with van der Waals surface area (Å²) in [5, 5.41) is 2.80. The van der Waals surface area contributed by atoms with Crippen molar-refractivity contribution in [2.75, 3.05) is 38.5 Å². The molecule has 1 aliphatic heterocycles. The summed E-state index contributed by atoms with van der Waals surface area (Å²) in [7, 11) is -1.50. The van der Waals surface area contributed by atoms with Gasteiger partial charge in [0.25, 0.3) is 0 Å². The number of hydrogen-bond donors (Lipinski definition) is 1. The second kappa shape index (κ2) is 7.99. The van der Waals surface area contributed by atoms with Crippen molar-refractivity contribution in [3.63, 3.8) is 0 Å². The minimum Gasteiger partial charge on any atom is -0.326 e. The minimum absolute atomic E-state index is 0.133. The monoisotopic (exact) mass is 373 g/mol. The van der Waals surface area contributed by atoms with Crippen LogP contribution in [0, 0.1) is 0 Å². The summed E-state index contributed by atoms with van der Waals surface area (Å²) in [4.78, 5) is 14.5. The van der Waals surface area contributed by atoms with Crippen LogP contribution in [0.5, 0.6) is 0 Å². The number of sulfonamides is 1. The van der Waals surface area contributed by atoms with Crippen molar-refractivity contribution < 1.29 is 13.2 Å². The Balaban J connectivity index is 1.63. The van der Waals surface area contributed by atoms with Crippen molar-refractivity contribution in [1.82, 2.24) is 9.21 Å². The highest BCUT2D eigenvalue weighted by atomic mass is 32.2. The van der Waals surface area contributed by atoms with Gasteiger partial charge in [-0.2, -0.15) is 4.31 Å². The Morgan fingerprint density at radius 1 is 0.962 bits per heavy atom. The average molecular weight is 373 g/mol. The Hall–Kier alpha value is -2.22. The Morgan fingerprint density at radius 3 is 2.19 bits per heavy atom. The highest BCUT2D eigenvalue weighted by Gasteiger charge is 2.27. The highest BCUT2D eigenvalue weighted by molar-refractivity contribution is 7.89. The number of piperazine rings is 1. The predicted molar refractivity (Wildman–Crippen MR) is 101 cm³/mol. The van der Waals surface area contributed by atoms with Gasteiger partial charge in [-0.1, -0.05) is 30.3 Å². The molecule has 1 saturated heterocycles. The van der Waals surface area contributed by atoms with Crippen molar-refractivity contribution >= 4 is 21.6 Å². The van der Waals surface area contributed by atoms with Gasteiger partial charge in [0.2, 0.25) is 15.9 Å². The fourth-order valence-corrected chi connectivity index (χ4v) is 4.30. The van der Waals surface area contributed by atoms with Crippen molar-refractivity contribution in [3.8, 4) is 0 Å². The Labute approximate surface area is 154 Å². The predicted octanol–water partition coefficient (Wildman–Crippen LogP) is 1.80. The van der Waals surface area contributed by atoms with E-state index in [-0.39, 0.29) is 17.2 Å². The number of amides is 1. The van der Waals surface area contributed by atoms with Crippen molar-refractivity contribution in [1.29, 1.82) is 0 Å². The van der Waals surface area contributed by atoms with E-state index in [0.717, 1.165) is 18.7 Å². The largest absolute Gasteiger partial charge is 0.326 e. The van der Waals surface area contributed by atoms with Gasteiger partial charge in [-0.25, -0.2) is 8.42 Å². The summed E-state index contributed by atoms with van der Waals surface area (Å²) in [6.45, 7) is 2.45. The number of likely N-dealkylation sites (N-methyl/N-ethyl adjacent to an activating group) is 1. The van der Waals surface area contributed by atoms with Crippen LogP contribution < -0.4 is 5.32 Å². The number of hydrogen-bond acceptors (Lipinski definition) is 4. The second-order valence-electron chi connectivity index (χ2n) is 6.44. The van der Waals surface area contributed by atoms with E-state index in [9.17, 15) is 13.2 Å². The SMILES string of the molecule is CN1CCN(S(=O)(=O)c2ccc(NC(=O)Cc3ccccc3)cc2)CC1. The molecule has 6 nitrogen and oxygen atoms in total. The number of nitrogens with one attached hydrogen (secondary N) is 1. The molecule has 1 amide bonds. The molecule has 0 unspecified atom stereocenters. The molecular formula is C19H23N3O3S. The van der Waals surface area contributed by atoms with Crippen LogP contribution in [0.2, 0.25) is 0 Å². The molecule has 2 aromatic carbocycles. The summed E-state index contributed by atoms with van der Waals surface area (Å²) in [6.07, 6.45) is 0.280. The van der Waals surface area contributed by atoms with Crippen LogP contribution >= 0.6 is 0 Å². The van der Waals surface area contributed by atoms with E-state index in [0.29, 0.717) is 18.8 Å². The zero-order valence-corrected chi connectivity index (χ0v) is 15.6. The fourth-order valence-electron chi connectivity index (χ4n) is 2.87. The zero-order valence-electron chi connectivity index (χ0n) is 14.8. The number of anilines is 1. The molecule has 7 heteroatoms. The zero-order chi connectivity index (χ0) is 18.6. The van der Waals surface area contributed by atoms with Gasteiger partial charge in [0.05, 0.1) is 11.3 Å². The second-order valence-corrected chi connectivity index (χ2v) is 8.38. The van der Waals surface area contributed by atoms with Crippen LogP contribution in [0.4, 0.5) is 5.69 Å². The van der Waals surface area contributed by atoms with Crippen LogP contribution in [0.25, 0.3) is 0 Å². The molecule has 1 heterocycles. The lowest BCUT2D eigenvalue weighted by Crippen LogP contribution is -2.46. The molecule has 1 N–H and O–H groups in total. The van der Waals surface area contributed by atoms with E-state index in [2.05, 4.69) is 10.2 Å². The molecule has 1 fully saturated rings. The normalized spacial score (nSPS) is 16.3. The van der Waals surface area contributed by atoms with E-state index in [1.54, 1.807) is 24.3 Å². The van der Waals surface area contributed by atoms with Crippen LogP contribution in [0.3, 0.4) is 0 Å². The van der Waals surface area contributed by atoms with Gasteiger partial charge in [-0.3, -0.25) is 4.79 Å². The van der Waals surface area contributed by atoms with Gasteiger partial charge in [0.1, 0.15) is 0 Å². The molecule has 0 saturated carbocycles. The fraction of sp³-hybridized carbons (Fsp3) is 0.316. The maximum absolute atomic E-state index is 12.7. The smallest absolute Gasteiger partial charge is 0.243 e. The van der Waals surface area contributed by atoms with Crippen LogP contribution in [-0.2, 0) is 21.2 Å². The molecule has 3 rings (SSSR count). The molecule has 0 aliphatic carbocycles. The Morgan fingerprint density at radius 2 is 1.58 bits per heavy atom. The third-order valence-corrected chi connectivity index (χ3v) is 6.36. The van der Waals surface area contributed by atoms with Gasteiger partial charge in [0.15, 0.2) is 0 Å². The first kappa shape index (κ1) is 18.6. The van der Waals surface area contributed by atoms with E-state index < -0.39 is 10.0 Å². The third-order valence-electron chi connectivity index (χ3n) is 4.45. The van der Waals surface area contributed by atoms with Gasteiger partial charge in [-0.05, 0) is 36.9 Å². The first-order valence-corrected chi connectivity index (χ1v) is 10.0. The summed E-state index contributed by atoms with van der Waals surface area (Å²) in [5.41, 5.74) is 1.52. The standard InChI is InChI=1S/C19H23N3O3S/c1-21-11-13-22(14-12-21)26(24,25)18-9-7-17(8-10-18)20-19(23)15-16-5-3-2-4-6-16/h2-10H,11-15H2,1H3,(H,20,23). The highest BCUT2D eigenvalue weighted by Crippen LogP contribution is 2.19. The average Bonchev–Trinajstić information content (AvgIpc) is 2.63. The molecule has 1 aliphatic rings. The maximum Gasteiger partial charge on any atom is 0.243 e. The van der Waals surface area contributed by atoms with Crippen molar-refractivity contribution in [2.24, 2.45) is 0 Å². The molecule has 2 aromatic rings. The van der Waals surface area contributed by atoms with Crippen molar-refractivity contribution in [3.05, 3.63) is 60.2 Å². The first-order chi connectivity index (χ1) is 12.4. The number of carbonyl (C=O) groups excluding carboxylic acids is 1. The topological polar surface area (TPSA) is 69.7 Å². The minimum atomic E-state index is -3.49. The lowest BCUT2D eigenvalue weighted by atomic mass is 10.1. The molecule has 0 spiro atoms. The number of nitrogens with zero attached hydrogens (tertiary/aromatic N) is 2. The van der Waals surface area contributed by atoms with Gasteiger partial charge < -0.3 is 10.2 Å². The number of carbonyl (C=O) groups is 1. The maximum atomic E-state index is 12.7. The summed E-state index contributed by atoms with van der Waals surface area (Å²) in [5.74, 6) is -0.133. The van der Waals surface area contributed by atoms with E-state index in [1.165, 1.54) is 4.31 Å². The van der Waals surface area contributed by atoms with Gasteiger partial charge in [-0.15, -0.1) is 0 Å². The Bertz CT molecular complexity index is 843. The quantitative estimate of drug-likeness (QED) is 0.868. The van der Waals surface area contributed by atoms with Crippen LogP contribution in [-0.4, -0.2) is 56.8 Å². The third kappa shape index (κ3) is 4.49. The summed E-state index contributed by atoms with van der Waals surface area (Å²) < 4.78 is 26.9. The van der Waals surface area contributed by atoms with Crippen LogP contribution in [0.1, 0.15) is 5.56 Å². The number of benzene rings is 2.